The van der Waals surface area contributed by atoms with Gasteiger partial charge >= 0.3 is 6.18 Å². The highest BCUT2D eigenvalue weighted by molar-refractivity contribution is 5.82. The lowest BCUT2D eigenvalue weighted by atomic mass is 10.1. The van der Waals surface area contributed by atoms with E-state index in [1.165, 1.54) is 30.6 Å². The van der Waals surface area contributed by atoms with Gasteiger partial charge in [0.15, 0.2) is 0 Å². The monoisotopic (exact) mass is 322 g/mol. The molecule has 0 bridgehead atoms. The summed E-state index contributed by atoms with van der Waals surface area (Å²) in [5.74, 6) is -0.391. The van der Waals surface area contributed by atoms with Crippen LogP contribution < -0.4 is 0 Å². The number of rotatable bonds is 4. The zero-order valence-electron chi connectivity index (χ0n) is 12.3. The summed E-state index contributed by atoms with van der Waals surface area (Å²) in [4.78, 5) is 0. The van der Waals surface area contributed by atoms with Crippen LogP contribution in [-0.4, -0.2) is 12.4 Å². The third-order valence-corrected chi connectivity index (χ3v) is 3.18. The minimum Gasteiger partial charge on any atom is -0.206 e. The summed E-state index contributed by atoms with van der Waals surface area (Å²) < 4.78 is 50.9. The van der Waals surface area contributed by atoms with Crippen molar-refractivity contribution in [1.29, 1.82) is 0 Å². The molecule has 0 aliphatic carbocycles. The van der Waals surface area contributed by atoms with Gasteiger partial charge in [-0.05, 0) is 35.7 Å². The Hall–Kier alpha value is -2.50. The third-order valence-electron chi connectivity index (χ3n) is 3.18. The summed E-state index contributed by atoms with van der Waals surface area (Å²) in [7, 11) is 0. The predicted molar refractivity (Wildman–Crippen MR) is 82.4 cm³/mol. The minimum absolute atomic E-state index is 0.298. The average molecular weight is 322 g/mol. The SMILES string of the molecule is CCc1ccc(C=NN=Cc2ccc(C(F)(F)F)cc2)c(F)c1. The Morgan fingerprint density at radius 2 is 1.61 bits per heavy atom. The van der Waals surface area contributed by atoms with E-state index < -0.39 is 17.6 Å². The normalized spacial score (nSPS) is 12.4. The van der Waals surface area contributed by atoms with Crippen molar-refractivity contribution < 1.29 is 17.6 Å². The summed E-state index contributed by atoms with van der Waals surface area (Å²) in [6.45, 7) is 1.93. The van der Waals surface area contributed by atoms with Crippen molar-refractivity contribution in [2.45, 2.75) is 19.5 Å². The third kappa shape index (κ3) is 4.74. The molecular weight excluding hydrogens is 308 g/mol. The molecule has 0 saturated heterocycles. The predicted octanol–water partition coefficient (Wildman–Crippen LogP) is 4.86. The van der Waals surface area contributed by atoms with Crippen LogP contribution in [0.25, 0.3) is 0 Å². The fraction of sp³-hybridized carbons (Fsp3) is 0.176. The molecular formula is C17H14F4N2. The van der Waals surface area contributed by atoms with Crippen molar-refractivity contribution in [3.8, 4) is 0 Å². The number of benzene rings is 2. The van der Waals surface area contributed by atoms with Crippen molar-refractivity contribution in [3.05, 3.63) is 70.5 Å². The van der Waals surface area contributed by atoms with Crippen LogP contribution >= 0.6 is 0 Å². The maximum absolute atomic E-state index is 13.7. The topological polar surface area (TPSA) is 24.7 Å². The van der Waals surface area contributed by atoms with Crippen LogP contribution in [0.15, 0.2) is 52.7 Å². The Kier molecular flexibility index (Phi) is 5.26. The first-order chi connectivity index (χ1) is 10.9. The molecule has 2 aromatic rings. The highest BCUT2D eigenvalue weighted by Crippen LogP contribution is 2.28. The van der Waals surface area contributed by atoms with Crippen molar-refractivity contribution in [2.75, 3.05) is 0 Å². The van der Waals surface area contributed by atoms with Crippen LogP contribution in [0.2, 0.25) is 0 Å². The van der Waals surface area contributed by atoms with Crippen molar-refractivity contribution in [2.24, 2.45) is 10.2 Å². The van der Waals surface area contributed by atoms with Gasteiger partial charge in [-0.15, -0.1) is 0 Å². The quantitative estimate of drug-likeness (QED) is 0.436. The van der Waals surface area contributed by atoms with Crippen LogP contribution in [0.3, 0.4) is 0 Å². The molecule has 0 unspecified atom stereocenters. The molecule has 0 atom stereocenters. The van der Waals surface area contributed by atoms with Crippen LogP contribution in [0.5, 0.6) is 0 Å². The fourth-order valence-electron chi connectivity index (χ4n) is 1.85. The minimum atomic E-state index is -4.37. The number of hydrogen-bond acceptors (Lipinski definition) is 2. The van der Waals surface area contributed by atoms with E-state index in [0.717, 1.165) is 24.1 Å². The second kappa shape index (κ2) is 7.17. The second-order valence-corrected chi connectivity index (χ2v) is 4.82. The molecule has 0 fully saturated rings. The number of alkyl halides is 3. The van der Waals surface area contributed by atoms with E-state index >= 15 is 0 Å². The lowest BCUT2D eigenvalue weighted by Gasteiger charge is -2.05. The zero-order valence-corrected chi connectivity index (χ0v) is 12.3. The molecule has 0 N–H and O–H groups in total. The first-order valence-corrected chi connectivity index (χ1v) is 6.92. The first kappa shape index (κ1) is 16.9. The number of nitrogens with zero attached hydrogens (tertiary/aromatic N) is 2. The van der Waals surface area contributed by atoms with Crippen molar-refractivity contribution in [1.82, 2.24) is 0 Å². The van der Waals surface area contributed by atoms with E-state index in [2.05, 4.69) is 10.2 Å². The average Bonchev–Trinajstić information content (AvgIpc) is 2.52. The van der Waals surface area contributed by atoms with Gasteiger partial charge in [-0.2, -0.15) is 23.4 Å². The van der Waals surface area contributed by atoms with E-state index in [0.29, 0.717) is 11.1 Å². The first-order valence-electron chi connectivity index (χ1n) is 6.92. The standard InChI is InChI=1S/C17H14F4N2/c1-2-12-3-6-14(16(18)9-12)11-23-22-10-13-4-7-15(8-5-13)17(19,20)21/h3-11H,2H2,1H3. The van der Waals surface area contributed by atoms with Crippen LogP contribution in [0.1, 0.15) is 29.2 Å². The molecule has 0 amide bonds. The molecule has 2 aromatic carbocycles. The number of halogens is 4. The lowest BCUT2D eigenvalue weighted by molar-refractivity contribution is -0.137. The molecule has 23 heavy (non-hydrogen) atoms. The van der Waals surface area contributed by atoms with E-state index in [-0.39, 0.29) is 0 Å². The van der Waals surface area contributed by atoms with Gasteiger partial charge in [-0.25, -0.2) is 4.39 Å². The Morgan fingerprint density at radius 3 is 2.17 bits per heavy atom. The zero-order chi connectivity index (χ0) is 16.9. The molecule has 120 valence electrons. The summed E-state index contributed by atoms with van der Waals surface area (Å²) in [5.41, 5.74) is 0.924. The molecule has 0 heterocycles. The molecule has 0 aromatic heterocycles. The maximum atomic E-state index is 13.7. The van der Waals surface area contributed by atoms with E-state index in [4.69, 9.17) is 0 Å². The molecule has 0 radical (unpaired) electrons. The van der Waals surface area contributed by atoms with Crippen LogP contribution in [0, 0.1) is 5.82 Å². The van der Waals surface area contributed by atoms with Crippen LogP contribution in [-0.2, 0) is 12.6 Å². The van der Waals surface area contributed by atoms with Gasteiger partial charge in [0, 0.05) is 5.56 Å². The van der Waals surface area contributed by atoms with Gasteiger partial charge in [0.05, 0.1) is 18.0 Å². The molecule has 6 heteroatoms. The Labute approximate surface area is 131 Å². The summed E-state index contributed by atoms with van der Waals surface area (Å²) in [6.07, 6.45) is -1.07. The highest BCUT2D eigenvalue weighted by atomic mass is 19.4. The lowest BCUT2D eigenvalue weighted by Crippen LogP contribution is -2.04. The maximum Gasteiger partial charge on any atom is 0.416 e. The molecule has 2 rings (SSSR count). The summed E-state index contributed by atoms with van der Waals surface area (Å²) >= 11 is 0. The molecule has 0 saturated carbocycles. The molecule has 0 aliphatic rings. The smallest absolute Gasteiger partial charge is 0.206 e. The van der Waals surface area contributed by atoms with Gasteiger partial charge in [-0.3, -0.25) is 0 Å². The fourth-order valence-corrected chi connectivity index (χ4v) is 1.85. The number of hydrogen-bond donors (Lipinski definition) is 0. The van der Waals surface area contributed by atoms with Crippen molar-refractivity contribution >= 4 is 12.4 Å². The molecule has 0 spiro atoms. The molecule has 0 aliphatic heterocycles. The summed E-state index contributed by atoms with van der Waals surface area (Å²) in [6, 6.07) is 9.34. The van der Waals surface area contributed by atoms with Crippen LogP contribution in [0.4, 0.5) is 17.6 Å². The Balaban J connectivity index is 2.04. The van der Waals surface area contributed by atoms with Crippen molar-refractivity contribution in [3.63, 3.8) is 0 Å². The Bertz CT molecular complexity index is 716. The van der Waals surface area contributed by atoms with E-state index in [1.54, 1.807) is 12.1 Å². The van der Waals surface area contributed by atoms with E-state index in [1.807, 2.05) is 6.92 Å². The highest BCUT2D eigenvalue weighted by Gasteiger charge is 2.29. The second-order valence-electron chi connectivity index (χ2n) is 4.82. The van der Waals surface area contributed by atoms with Gasteiger partial charge in [0.25, 0.3) is 0 Å². The van der Waals surface area contributed by atoms with Gasteiger partial charge in [0.2, 0.25) is 0 Å². The molecule has 2 nitrogen and oxygen atoms in total. The van der Waals surface area contributed by atoms with Gasteiger partial charge < -0.3 is 0 Å². The van der Waals surface area contributed by atoms with E-state index in [9.17, 15) is 17.6 Å². The van der Waals surface area contributed by atoms with Gasteiger partial charge in [-0.1, -0.05) is 31.2 Å². The Morgan fingerprint density at radius 1 is 0.957 bits per heavy atom. The number of aryl methyl sites for hydroxylation is 1. The van der Waals surface area contributed by atoms with Gasteiger partial charge in [0.1, 0.15) is 5.82 Å². The largest absolute Gasteiger partial charge is 0.416 e. The summed E-state index contributed by atoms with van der Waals surface area (Å²) in [5, 5.41) is 7.42.